The Morgan fingerprint density at radius 2 is 2.09 bits per heavy atom. The zero-order chi connectivity index (χ0) is 15.7. The molecule has 0 aromatic heterocycles. The van der Waals surface area contributed by atoms with Gasteiger partial charge in [-0.05, 0) is 42.9 Å². The number of aliphatic imine (C=N–C) groups is 1. The van der Waals surface area contributed by atoms with Crippen molar-refractivity contribution in [2.75, 3.05) is 6.61 Å². The first kappa shape index (κ1) is 14.6. The number of allylic oxidation sites excluding steroid dienone is 2. The second-order valence-corrected chi connectivity index (χ2v) is 5.88. The number of carbonyl (C=O) groups is 1. The van der Waals surface area contributed by atoms with Gasteiger partial charge in [-0.2, -0.15) is 4.99 Å². The maximum absolute atomic E-state index is 12.4. The summed E-state index contributed by atoms with van der Waals surface area (Å²) in [6, 6.07) is 7.98. The van der Waals surface area contributed by atoms with E-state index in [0.717, 1.165) is 17.7 Å². The third-order valence-corrected chi connectivity index (χ3v) is 4.54. The molecular weight excluding hydrogens is 278 g/mol. The minimum Gasteiger partial charge on any atom is -0.494 e. The summed E-state index contributed by atoms with van der Waals surface area (Å²) in [6.45, 7) is 2.58. The van der Waals surface area contributed by atoms with Crippen molar-refractivity contribution in [1.82, 2.24) is 0 Å². The van der Waals surface area contributed by atoms with Gasteiger partial charge in [0.1, 0.15) is 5.75 Å². The molecule has 0 heterocycles. The lowest BCUT2D eigenvalue weighted by molar-refractivity contribution is -0.122. The molecule has 0 radical (unpaired) electrons. The summed E-state index contributed by atoms with van der Waals surface area (Å²) in [5.41, 5.74) is 11.9. The first-order chi connectivity index (χ1) is 10.6. The molecule has 1 aromatic carbocycles. The monoisotopic (exact) mass is 299 g/mol. The molecule has 0 saturated heterocycles. The fourth-order valence-corrected chi connectivity index (χ4v) is 3.79. The molecule has 0 aliphatic heterocycles. The Bertz CT molecular complexity index is 635. The van der Waals surface area contributed by atoms with Gasteiger partial charge in [0.2, 0.25) is 0 Å². The summed E-state index contributed by atoms with van der Waals surface area (Å²) in [6.07, 6.45) is 5.32. The van der Waals surface area contributed by atoms with E-state index in [1.165, 1.54) is 0 Å². The number of fused-ring (bicyclic) bond motifs is 2. The minimum atomic E-state index is -0.219. The van der Waals surface area contributed by atoms with Crippen molar-refractivity contribution in [2.24, 2.45) is 34.2 Å². The second kappa shape index (κ2) is 5.83. The largest absolute Gasteiger partial charge is 0.494 e. The van der Waals surface area contributed by atoms with Crippen LogP contribution in [-0.4, -0.2) is 18.5 Å². The van der Waals surface area contributed by atoms with E-state index in [1.807, 2.05) is 25.1 Å². The number of ether oxygens (including phenoxy) is 1. The number of benzene rings is 1. The fraction of sp³-hybridized carbons (Fsp3) is 0.412. The lowest BCUT2D eigenvalue weighted by Crippen LogP contribution is -2.30. The Morgan fingerprint density at radius 1 is 1.32 bits per heavy atom. The van der Waals surface area contributed by atoms with E-state index in [-0.39, 0.29) is 29.6 Å². The lowest BCUT2D eigenvalue weighted by Gasteiger charge is -2.26. The number of carbonyl (C=O) groups excluding carboxylic acids is 1. The van der Waals surface area contributed by atoms with Gasteiger partial charge in [0.05, 0.1) is 12.5 Å². The highest BCUT2D eigenvalue weighted by Gasteiger charge is 2.48. The van der Waals surface area contributed by atoms with Crippen LogP contribution in [0, 0.1) is 17.8 Å². The highest BCUT2D eigenvalue weighted by Crippen LogP contribution is 2.53. The molecule has 22 heavy (non-hydrogen) atoms. The molecule has 1 saturated carbocycles. The minimum absolute atomic E-state index is 0.117. The first-order valence-electron chi connectivity index (χ1n) is 7.64. The molecule has 2 aliphatic rings. The number of nitrogens with two attached hydrogens (primary N) is 2. The molecule has 4 atom stereocenters. The Morgan fingerprint density at radius 3 is 2.82 bits per heavy atom. The standard InChI is InChI=1S/C17H21N3O2/c1-2-22-13-5-3-4-10(9-13)14-11-6-7-12(8-11)15(14)16(21)20-17(18)19/h3-7,9,11-12,14-15H,2,8H2,1H3,(H4,18,19,20,21)/t11?,12?,14-,15-/m1/s1. The van der Waals surface area contributed by atoms with Gasteiger partial charge in [0.15, 0.2) is 5.96 Å². The van der Waals surface area contributed by atoms with Crippen molar-refractivity contribution in [3.8, 4) is 5.75 Å². The van der Waals surface area contributed by atoms with Gasteiger partial charge in [-0.1, -0.05) is 24.3 Å². The molecule has 116 valence electrons. The normalized spacial score (nSPS) is 28.6. The third-order valence-electron chi connectivity index (χ3n) is 4.54. The van der Waals surface area contributed by atoms with Crippen LogP contribution >= 0.6 is 0 Å². The van der Waals surface area contributed by atoms with Crippen LogP contribution in [0.15, 0.2) is 41.4 Å². The molecule has 2 bridgehead atoms. The second-order valence-electron chi connectivity index (χ2n) is 5.88. The highest BCUT2D eigenvalue weighted by atomic mass is 16.5. The molecule has 5 nitrogen and oxygen atoms in total. The summed E-state index contributed by atoms with van der Waals surface area (Å²) < 4.78 is 5.58. The van der Waals surface area contributed by atoms with Gasteiger partial charge >= 0.3 is 0 Å². The Kier molecular flexibility index (Phi) is 3.88. The van der Waals surface area contributed by atoms with Crippen molar-refractivity contribution in [3.05, 3.63) is 42.0 Å². The van der Waals surface area contributed by atoms with Crippen LogP contribution in [0.5, 0.6) is 5.75 Å². The molecular formula is C17H21N3O2. The van der Waals surface area contributed by atoms with Crippen molar-refractivity contribution < 1.29 is 9.53 Å². The van der Waals surface area contributed by atoms with E-state index < -0.39 is 0 Å². The van der Waals surface area contributed by atoms with E-state index in [9.17, 15) is 4.79 Å². The maximum atomic E-state index is 12.4. The molecule has 2 aliphatic carbocycles. The van der Waals surface area contributed by atoms with E-state index >= 15 is 0 Å². The maximum Gasteiger partial charge on any atom is 0.253 e. The van der Waals surface area contributed by atoms with Crippen LogP contribution in [0.1, 0.15) is 24.8 Å². The predicted octanol–water partition coefficient (Wildman–Crippen LogP) is 1.79. The van der Waals surface area contributed by atoms with Gasteiger partial charge in [0, 0.05) is 5.92 Å². The van der Waals surface area contributed by atoms with Crippen LogP contribution in [0.4, 0.5) is 0 Å². The Labute approximate surface area is 130 Å². The molecule has 1 aromatic rings. The quantitative estimate of drug-likeness (QED) is 0.504. The SMILES string of the molecule is CCOc1cccc([C@@H]2C3C=CC(C3)[C@H]2C(=O)N=C(N)N)c1. The van der Waals surface area contributed by atoms with Crippen LogP contribution in [0.25, 0.3) is 0 Å². The molecule has 1 fully saturated rings. The number of hydrogen-bond acceptors (Lipinski definition) is 2. The van der Waals surface area contributed by atoms with Gasteiger partial charge in [-0.15, -0.1) is 0 Å². The molecule has 3 rings (SSSR count). The van der Waals surface area contributed by atoms with Crippen LogP contribution in [-0.2, 0) is 4.79 Å². The summed E-state index contributed by atoms with van der Waals surface area (Å²) in [5, 5.41) is 0. The van der Waals surface area contributed by atoms with Gasteiger partial charge < -0.3 is 16.2 Å². The van der Waals surface area contributed by atoms with Crippen LogP contribution in [0.2, 0.25) is 0 Å². The van der Waals surface area contributed by atoms with Gasteiger partial charge in [-0.25, -0.2) is 0 Å². The van der Waals surface area contributed by atoms with Crippen LogP contribution in [0.3, 0.4) is 0 Å². The van der Waals surface area contributed by atoms with Crippen LogP contribution < -0.4 is 16.2 Å². The average molecular weight is 299 g/mol. The van der Waals surface area contributed by atoms with Gasteiger partial charge in [-0.3, -0.25) is 4.79 Å². The highest BCUT2D eigenvalue weighted by molar-refractivity contribution is 5.93. The van der Waals surface area contributed by atoms with E-state index in [1.54, 1.807) is 0 Å². The first-order valence-corrected chi connectivity index (χ1v) is 7.64. The zero-order valence-corrected chi connectivity index (χ0v) is 12.6. The number of nitrogens with zero attached hydrogens (tertiary/aromatic N) is 1. The molecule has 5 heteroatoms. The van der Waals surface area contributed by atoms with Crippen molar-refractivity contribution in [2.45, 2.75) is 19.3 Å². The smallest absolute Gasteiger partial charge is 0.253 e. The summed E-state index contributed by atoms with van der Waals surface area (Å²) >= 11 is 0. The van der Waals surface area contributed by atoms with Crippen molar-refractivity contribution >= 4 is 11.9 Å². The summed E-state index contributed by atoms with van der Waals surface area (Å²) in [7, 11) is 0. The number of amides is 1. The number of hydrogen-bond donors (Lipinski definition) is 2. The van der Waals surface area contributed by atoms with Gasteiger partial charge in [0.25, 0.3) is 5.91 Å². The Hall–Kier alpha value is -2.30. The van der Waals surface area contributed by atoms with Crippen molar-refractivity contribution in [1.29, 1.82) is 0 Å². The molecule has 4 N–H and O–H groups in total. The summed E-state index contributed by atoms with van der Waals surface area (Å²) in [5.74, 6) is 0.966. The fourth-order valence-electron chi connectivity index (χ4n) is 3.79. The number of rotatable bonds is 4. The molecule has 0 spiro atoms. The Balaban J connectivity index is 1.93. The molecule has 2 unspecified atom stereocenters. The van der Waals surface area contributed by atoms with E-state index in [2.05, 4.69) is 23.2 Å². The third kappa shape index (κ3) is 2.58. The molecule has 1 amide bonds. The summed E-state index contributed by atoms with van der Waals surface area (Å²) in [4.78, 5) is 16.2. The zero-order valence-electron chi connectivity index (χ0n) is 12.6. The van der Waals surface area contributed by atoms with Crippen molar-refractivity contribution in [3.63, 3.8) is 0 Å². The predicted molar refractivity (Wildman–Crippen MR) is 85.4 cm³/mol. The van der Waals surface area contributed by atoms with E-state index in [0.29, 0.717) is 12.5 Å². The number of guanidine groups is 1. The average Bonchev–Trinajstić information content (AvgIpc) is 3.07. The van der Waals surface area contributed by atoms with E-state index in [4.69, 9.17) is 16.2 Å². The topological polar surface area (TPSA) is 90.7 Å². The lowest BCUT2D eigenvalue weighted by atomic mass is 9.78.